The van der Waals surface area contributed by atoms with E-state index < -0.39 is 0 Å². The van der Waals surface area contributed by atoms with Crippen molar-refractivity contribution in [2.75, 3.05) is 0 Å². The number of aryl methyl sites for hydroxylation is 1. The van der Waals surface area contributed by atoms with Crippen molar-refractivity contribution in [3.63, 3.8) is 0 Å². The van der Waals surface area contributed by atoms with E-state index in [9.17, 15) is 0 Å². The molecule has 0 radical (unpaired) electrons. The molecule has 0 saturated heterocycles. The molecular weight excluding hydrogens is 358 g/mol. The summed E-state index contributed by atoms with van der Waals surface area (Å²) in [5.41, 5.74) is 3.19. The number of nitrogens with zero attached hydrogens (tertiary/aromatic N) is 7. The Balaban J connectivity index is 1.61. The van der Waals surface area contributed by atoms with Gasteiger partial charge in [0.15, 0.2) is 16.8 Å². The molecule has 0 spiro atoms. The van der Waals surface area contributed by atoms with E-state index in [2.05, 4.69) is 51.7 Å². The highest BCUT2D eigenvalue weighted by atomic mass is 32.2. The maximum absolute atomic E-state index is 4.40. The molecule has 1 atom stereocenters. The van der Waals surface area contributed by atoms with E-state index in [4.69, 9.17) is 0 Å². The highest BCUT2D eigenvalue weighted by Gasteiger charge is 2.21. The van der Waals surface area contributed by atoms with E-state index in [0.29, 0.717) is 0 Å². The normalized spacial score (nSPS) is 12.3. The first-order valence-electron chi connectivity index (χ1n) is 8.61. The second kappa shape index (κ2) is 7.32. The molecular formula is C19H19N7S. The molecule has 7 nitrogen and oxygen atoms in total. The van der Waals surface area contributed by atoms with Gasteiger partial charge < -0.3 is 4.57 Å². The number of aromatic nitrogens is 7. The summed E-state index contributed by atoms with van der Waals surface area (Å²) in [7, 11) is 1.98. The van der Waals surface area contributed by atoms with Crippen molar-refractivity contribution >= 4 is 11.8 Å². The van der Waals surface area contributed by atoms with E-state index in [1.165, 1.54) is 5.56 Å². The van der Waals surface area contributed by atoms with Gasteiger partial charge in [0.1, 0.15) is 0 Å². The predicted octanol–water partition coefficient (Wildman–Crippen LogP) is 3.62. The number of benzene rings is 2. The largest absolute Gasteiger partial charge is 0.305 e. The molecule has 4 aromatic rings. The summed E-state index contributed by atoms with van der Waals surface area (Å²) in [5.74, 6) is 1.62. The minimum absolute atomic E-state index is 0.00725. The third-order valence-corrected chi connectivity index (χ3v) is 5.49. The molecule has 4 rings (SSSR count). The quantitative estimate of drug-likeness (QED) is 0.495. The van der Waals surface area contributed by atoms with Crippen LogP contribution >= 0.6 is 11.8 Å². The second-order valence-electron chi connectivity index (χ2n) is 6.22. The molecule has 27 heavy (non-hydrogen) atoms. The molecule has 0 aliphatic heterocycles. The molecule has 0 fully saturated rings. The summed E-state index contributed by atoms with van der Waals surface area (Å²) < 4.78 is 3.77. The van der Waals surface area contributed by atoms with E-state index in [0.717, 1.165) is 28.1 Å². The lowest BCUT2D eigenvalue weighted by Gasteiger charge is -2.11. The molecule has 2 heterocycles. The Labute approximate surface area is 161 Å². The molecule has 8 heteroatoms. The Morgan fingerprint density at radius 1 is 0.926 bits per heavy atom. The SMILES string of the molecule is Cc1ccccc1-c1nnc(SC(C)c2nnnn2-c2ccccc2)n1C. The van der Waals surface area contributed by atoms with Gasteiger partial charge in [-0.2, -0.15) is 4.68 Å². The van der Waals surface area contributed by atoms with Crippen LogP contribution < -0.4 is 0 Å². The zero-order chi connectivity index (χ0) is 18.8. The zero-order valence-electron chi connectivity index (χ0n) is 15.3. The highest BCUT2D eigenvalue weighted by Crippen LogP contribution is 2.34. The molecule has 0 N–H and O–H groups in total. The summed E-state index contributed by atoms with van der Waals surface area (Å²) in [6.07, 6.45) is 0. The number of tetrazole rings is 1. The van der Waals surface area contributed by atoms with Crippen LogP contribution in [0.3, 0.4) is 0 Å². The van der Waals surface area contributed by atoms with E-state index in [1.807, 2.05) is 54.1 Å². The Morgan fingerprint density at radius 3 is 2.44 bits per heavy atom. The van der Waals surface area contributed by atoms with Crippen molar-refractivity contribution in [2.45, 2.75) is 24.3 Å². The summed E-state index contributed by atoms with van der Waals surface area (Å²) in [6.45, 7) is 4.14. The Morgan fingerprint density at radius 2 is 1.67 bits per heavy atom. The van der Waals surface area contributed by atoms with Crippen molar-refractivity contribution < 1.29 is 0 Å². The molecule has 2 aromatic heterocycles. The standard InChI is InChI=1S/C19H19N7S/c1-13-9-7-8-12-16(13)18-20-22-19(25(18)3)27-14(2)17-21-23-24-26(17)15-10-5-4-6-11-15/h4-12,14H,1-3H3. The lowest BCUT2D eigenvalue weighted by Crippen LogP contribution is -2.05. The minimum atomic E-state index is 0.00725. The fourth-order valence-corrected chi connectivity index (χ4v) is 3.79. The topological polar surface area (TPSA) is 74.3 Å². The Kier molecular flexibility index (Phi) is 4.72. The summed E-state index contributed by atoms with van der Waals surface area (Å²) >= 11 is 1.58. The predicted molar refractivity (Wildman–Crippen MR) is 105 cm³/mol. The molecule has 1 unspecified atom stereocenters. The molecule has 0 amide bonds. The van der Waals surface area contributed by atoms with Gasteiger partial charge in [-0.15, -0.1) is 15.3 Å². The molecule has 2 aromatic carbocycles. The Hall–Kier alpha value is -3.00. The van der Waals surface area contributed by atoms with Gasteiger partial charge in [0.05, 0.1) is 10.9 Å². The molecule has 0 aliphatic carbocycles. The first kappa shape index (κ1) is 17.4. The average Bonchev–Trinajstić information content (AvgIpc) is 3.31. The maximum Gasteiger partial charge on any atom is 0.191 e. The van der Waals surface area contributed by atoms with Crippen LogP contribution in [0.15, 0.2) is 59.8 Å². The fraction of sp³-hybridized carbons (Fsp3) is 0.211. The average molecular weight is 377 g/mol. The van der Waals surface area contributed by atoms with Crippen LogP contribution in [-0.2, 0) is 7.05 Å². The van der Waals surface area contributed by atoms with Crippen molar-refractivity contribution in [3.8, 4) is 17.1 Å². The summed E-state index contributed by atoms with van der Waals surface area (Å²) in [5, 5.41) is 21.8. The van der Waals surface area contributed by atoms with Crippen LogP contribution in [0.2, 0.25) is 0 Å². The lowest BCUT2D eigenvalue weighted by atomic mass is 10.1. The van der Waals surface area contributed by atoms with Crippen LogP contribution in [0.25, 0.3) is 17.1 Å². The van der Waals surface area contributed by atoms with Crippen LogP contribution in [-0.4, -0.2) is 35.0 Å². The smallest absolute Gasteiger partial charge is 0.191 e. The van der Waals surface area contributed by atoms with Gasteiger partial charge in [-0.1, -0.05) is 54.2 Å². The van der Waals surface area contributed by atoms with Crippen molar-refractivity contribution in [1.29, 1.82) is 0 Å². The zero-order valence-corrected chi connectivity index (χ0v) is 16.1. The van der Waals surface area contributed by atoms with E-state index in [1.54, 1.807) is 16.4 Å². The molecule has 0 saturated carbocycles. The maximum atomic E-state index is 4.40. The van der Waals surface area contributed by atoms with Gasteiger partial charge in [-0.25, -0.2) is 0 Å². The number of thioether (sulfide) groups is 1. The summed E-state index contributed by atoms with van der Waals surface area (Å²) in [6, 6.07) is 18.0. The van der Waals surface area contributed by atoms with Crippen molar-refractivity contribution in [2.24, 2.45) is 7.05 Å². The highest BCUT2D eigenvalue weighted by molar-refractivity contribution is 7.99. The lowest BCUT2D eigenvalue weighted by molar-refractivity contribution is 0.755. The second-order valence-corrected chi connectivity index (χ2v) is 7.53. The van der Waals surface area contributed by atoms with Crippen LogP contribution in [0, 0.1) is 6.92 Å². The first-order chi connectivity index (χ1) is 13.1. The molecule has 136 valence electrons. The van der Waals surface area contributed by atoms with Gasteiger partial charge >= 0.3 is 0 Å². The minimum Gasteiger partial charge on any atom is -0.305 e. The van der Waals surface area contributed by atoms with Gasteiger partial charge in [-0.3, -0.25) is 0 Å². The monoisotopic (exact) mass is 377 g/mol. The number of rotatable bonds is 5. The van der Waals surface area contributed by atoms with Crippen LogP contribution in [0.1, 0.15) is 23.6 Å². The van der Waals surface area contributed by atoms with E-state index >= 15 is 0 Å². The first-order valence-corrected chi connectivity index (χ1v) is 9.49. The third-order valence-electron chi connectivity index (χ3n) is 4.36. The van der Waals surface area contributed by atoms with E-state index in [-0.39, 0.29) is 5.25 Å². The van der Waals surface area contributed by atoms with Crippen LogP contribution in [0.5, 0.6) is 0 Å². The fourth-order valence-electron chi connectivity index (χ4n) is 2.89. The number of hydrogen-bond donors (Lipinski definition) is 0. The molecule has 0 aliphatic rings. The Bertz CT molecular complexity index is 1050. The molecule has 0 bridgehead atoms. The third kappa shape index (κ3) is 3.35. The van der Waals surface area contributed by atoms with Crippen LogP contribution in [0.4, 0.5) is 0 Å². The van der Waals surface area contributed by atoms with Crippen molar-refractivity contribution in [1.82, 2.24) is 35.0 Å². The number of para-hydroxylation sites is 1. The summed E-state index contributed by atoms with van der Waals surface area (Å²) in [4.78, 5) is 0. The van der Waals surface area contributed by atoms with Crippen molar-refractivity contribution in [3.05, 3.63) is 66.0 Å². The van der Waals surface area contributed by atoms with Gasteiger partial charge in [0, 0.05) is 12.6 Å². The van der Waals surface area contributed by atoms with Gasteiger partial charge in [0.25, 0.3) is 0 Å². The van der Waals surface area contributed by atoms with Gasteiger partial charge in [0.2, 0.25) is 0 Å². The van der Waals surface area contributed by atoms with Gasteiger partial charge in [-0.05, 0) is 42.0 Å². The number of hydrogen-bond acceptors (Lipinski definition) is 6.